The van der Waals surface area contributed by atoms with E-state index < -0.39 is 5.97 Å². The summed E-state index contributed by atoms with van der Waals surface area (Å²) in [5.74, 6) is -0.670. The number of carbonyl (C=O) groups is 1. The zero-order chi connectivity index (χ0) is 9.82. The molecule has 0 saturated heterocycles. The molecule has 3 nitrogen and oxygen atoms in total. The third kappa shape index (κ3) is 16.5. The van der Waals surface area contributed by atoms with Crippen LogP contribution in [-0.2, 0) is 26.6 Å². The van der Waals surface area contributed by atoms with Gasteiger partial charge < -0.3 is 5.11 Å². The van der Waals surface area contributed by atoms with E-state index in [1.807, 2.05) is 0 Å². The van der Waals surface area contributed by atoms with E-state index in [0.717, 1.165) is 12.8 Å². The normalized spacial score (nSPS) is 8.58. The van der Waals surface area contributed by atoms with Gasteiger partial charge in [0.15, 0.2) is 0 Å². The number of rotatable bonds is 6. The maximum absolute atomic E-state index is 10.0. The molecule has 1 N–H and O–H groups in total. The van der Waals surface area contributed by atoms with Crippen LogP contribution in [0.5, 0.6) is 0 Å². The van der Waals surface area contributed by atoms with Crippen molar-refractivity contribution in [2.45, 2.75) is 45.4 Å². The molecule has 0 aliphatic carbocycles. The monoisotopic (exact) mass is 224 g/mol. The molecule has 0 aliphatic rings. The minimum atomic E-state index is -0.670. The molecule has 0 fully saturated rings. The van der Waals surface area contributed by atoms with Crippen molar-refractivity contribution in [2.75, 3.05) is 0 Å². The van der Waals surface area contributed by atoms with Crippen molar-refractivity contribution in [3.63, 3.8) is 0 Å². The Kier molecular flexibility index (Phi) is 16.2. The Labute approximate surface area is 83.5 Å². The van der Waals surface area contributed by atoms with Crippen LogP contribution in [0.3, 0.4) is 0 Å². The van der Waals surface area contributed by atoms with Crippen LogP contribution in [0, 0.1) is 0 Å². The van der Waals surface area contributed by atoms with E-state index in [1.54, 1.807) is 0 Å². The van der Waals surface area contributed by atoms with Gasteiger partial charge in [-0.05, 0) is 6.42 Å². The van der Waals surface area contributed by atoms with Gasteiger partial charge in [0.1, 0.15) is 0 Å². The first-order chi connectivity index (χ1) is 5.77. The summed E-state index contributed by atoms with van der Waals surface area (Å²) in [6, 6.07) is 0. The Balaban J connectivity index is 0. The van der Waals surface area contributed by atoms with Crippen LogP contribution in [0.4, 0.5) is 0 Å². The predicted molar refractivity (Wildman–Crippen MR) is 41.7 cm³/mol. The summed E-state index contributed by atoms with van der Waals surface area (Å²) < 4.78 is 8.38. The Morgan fingerprint density at radius 1 is 1.17 bits per heavy atom. The molecule has 0 unspecified atom stereocenters. The Bertz CT molecular complexity index is 106. The minimum absolute atomic E-state index is 0.125. The van der Waals surface area contributed by atoms with Crippen molar-refractivity contribution in [1.82, 2.24) is 0 Å². The van der Waals surface area contributed by atoms with Crippen LogP contribution in [0.15, 0.2) is 0 Å². The molecule has 0 aromatic carbocycles. The molecule has 0 saturated carbocycles. The van der Waals surface area contributed by atoms with Crippen molar-refractivity contribution >= 4 is 5.97 Å². The Morgan fingerprint density at radius 2 is 1.67 bits per heavy atom. The van der Waals surface area contributed by atoms with Gasteiger partial charge in [-0.1, -0.05) is 32.6 Å². The van der Waals surface area contributed by atoms with Crippen molar-refractivity contribution in [2.24, 2.45) is 0 Å². The van der Waals surface area contributed by atoms with E-state index in [0.29, 0.717) is 6.42 Å². The fourth-order valence-corrected chi connectivity index (χ4v) is 0.880. The van der Waals surface area contributed by atoms with Gasteiger partial charge in [0.05, 0.1) is 0 Å². The van der Waals surface area contributed by atoms with Gasteiger partial charge in [-0.3, -0.25) is 4.79 Å². The number of hydrogen-bond acceptors (Lipinski definition) is 2. The predicted octanol–water partition coefficient (Wildman–Crippen LogP) is 2.31. The standard InChI is InChI=1S/C8H16O2.O.Zn/c1-2-3-4-5-6-7-8(9)10;;/h2-7H2,1H3,(H,9,10);;. The van der Waals surface area contributed by atoms with Gasteiger partial charge >= 0.3 is 27.8 Å². The van der Waals surface area contributed by atoms with Crippen molar-refractivity contribution in [1.29, 1.82) is 0 Å². The zero-order valence-corrected chi connectivity index (χ0v) is 10.7. The topological polar surface area (TPSA) is 54.4 Å². The zero-order valence-electron chi connectivity index (χ0n) is 7.71. The number of carboxylic acid groups (broad SMARTS) is 1. The van der Waals surface area contributed by atoms with Gasteiger partial charge in [0.2, 0.25) is 0 Å². The van der Waals surface area contributed by atoms with Crippen LogP contribution in [-0.4, -0.2) is 11.1 Å². The van der Waals surface area contributed by atoms with E-state index >= 15 is 0 Å². The van der Waals surface area contributed by atoms with E-state index in [2.05, 4.69) is 6.92 Å². The first kappa shape index (κ1) is 14.4. The summed E-state index contributed by atoms with van der Waals surface area (Å²) in [4.78, 5) is 10.0. The van der Waals surface area contributed by atoms with E-state index in [-0.39, 0.29) is 18.3 Å². The number of hydrogen-bond donors (Lipinski definition) is 1. The molecule has 0 aromatic heterocycles. The third-order valence-electron chi connectivity index (χ3n) is 1.49. The molecular formula is C8H16O3Zn. The summed E-state index contributed by atoms with van der Waals surface area (Å²) in [6.45, 7) is 2.15. The average Bonchev–Trinajstić information content (AvgIpc) is 2.07. The SMILES string of the molecule is CCCCCCCC(=O)O.[O]=[Zn]. The fourth-order valence-electron chi connectivity index (χ4n) is 0.880. The van der Waals surface area contributed by atoms with E-state index in [9.17, 15) is 4.79 Å². The van der Waals surface area contributed by atoms with Crippen LogP contribution in [0.1, 0.15) is 45.4 Å². The second-order valence-corrected chi connectivity index (χ2v) is 2.56. The van der Waals surface area contributed by atoms with Gasteiger partial charge in [-0.25, -0.2) is 0 Å². The molecule has 0 radical (unpaired) electrons. The molecule has 0 heterocycles. The Morgan fingerprint density at radius 3 is 2.08 bits per heavy atom. The fraction of sp³-hybridized carbons (Fsp3) is 0.875. The van der Waals surface area contributed by atoms with Crippen molar-refractivity contribution in [3.05, 3.63) is 0 Å². The quantitative estimate of drug-likeness (QED) is 0.558. The summed E-state index contributed by atoms with van der Waals surface area (Å²) in [5, 5.41) is 8.27. The molecule has 0 amide bonds. The van der Waals surface area contributed by atoms with Gasteiger partial charge in [0.25, 0.3) is 0 Å². The average molecular weight is 226 g/mol. The number of unbranched alkanes of at least 4 members (excludes halogenated alkanes) is 4. The van der Waals surface area contributed by atoms with Gasteiger partial charge in [-0.15, -0.1) is 0 Å². The van der Waals surface area contributed by atoms with E-state index in [4.69, 9.17) is 8.68 Å². The second kappa shape index (κ2) is 13.5. The van der Waals surface area contributed by atoms with Gasteiger partial charge in [0, 0.05) is 6.42 Å². The van der Waals surface area contributed by atoms with Crippen molar-refractivity contribution < 1.29 is 31.7 Å². The molecule has 0 aliphatic heterocycles. The maximum atomic E-state index is 10.0. The summed E-state index contributed by atoms with van der Waals surface area (Å²) in [5.41, 5.74) is 0. The summed E-state index contributed by atoms with van der Waals surface area (Å²) >= 11 is 0.125. The second-order valence-electron chi connectivity index (χ2n) is 2.56. The molecule has 0 spiro atoms. The van der Waals surface area contributed by atoms with Crippen LogP contribution < -0.4 is 0 Å². The third-order valence-corrected chi connectivity index (χ3v) is 1.49. The Hall–Kier alpha value is -0.107. The first-order valence-electron chi connectivity index (χ1n) is 4.28. The summed E-state index contributed by atoms with van der Waals surface area (Å²) in [7, 11) is 0. The van der Waals surface area contributed by atoms with Crippen LogP contribution >= 0.6 is 0 Å². The van der Waals surface area contributed by atoms with Crippen LogP contribution in [0.2, 0.25) is 0 Å². The van der Waals surface area contributed by atoms with Crippen LogP contribution in [0.25, 0.3) is 0 Å². The van der Waals surface area contributed by atoms with Gasteiger partial charge in [-0.2, -0.15) is 0 Å². The molecular weight excluding hydrogens is 209 g/mol. The molecule has 68 valence electrons. The molecule has 0 aromatic rings. The molecule has 4 heteroatoms. The van der Waals surface area contributed by atoms with Crippen molar-refractivity contribution in [3.8, 4) is 0 Å². The number of aliphatic carboxylic acids is 1. The number of carboxylic acids is 1. The molecule has 0 rings (SSSR count). The summed E-state index contributed by atoms with van der Waals surface area (Å²) in [6.07, 6.45) is 5.88. The molecule has 0 bridgehead atoms. The van der Waals surface area contributed by atoms with E-state index in [1.165, 1.54) is 19.3 Å². The molecule has 12 heavy (non-hydrogen) atoms. The first-order valence-corrected chi connectivity index (χ1v) is 5.49. The molecule has 0 atom stereocenters.